The van der Waals surface area contributed by atoms with Crippen LogP contribution in [0.1, 0.15) is 22.6 Å². The molecule has 0 spiro atoms. The van der Waals surface area contributed by atoms with Crippen LogP contribution in [0.15, 0.2) is 42.5 Å². The highest BCUT2D eigenvalue weighted by molar-refractivity contribution is 5.86. The van der Waals surface area contributed by atoms with Crippen LogP contribution in [0.4, 0.5) is 5.69 Å². The van der Waals surface area contributed by atoms with Crippen molar-refractivity contribution in [3.05, 3.63) is 59.2 Å². The number of nitrogens with two attached hydrogens (primary N) is 1. The Morgan fingerprint density at radius 3 is 2.86 bits per heavy atom. The van der Waals surface area contributed by atoms with Crippen molar-refractivity contribution in [2.75, 3.05) is 12.3 Å². The highest BCUT2D eigenvalue weighted by atomic mass is 16.5. The van der Waals surface area contributed by atoms with E-state index in [1.165, 1.54) is 5.56 Å². The topological polar surface area (TPSA) is 55.6 Å². The highest BCUT2D eigenvalue weighted by Crippen LogP contribution is 2.36. The van der Waals surface area contributed by atoms with Gasteiger partial charge in [-0.2, -0.15) is 0 Å². The van der Waals surface area contributed by atoms with Gasteiger partial charge in [-0.1, -0.05) is 24.3 Å². The molecule has 106 valence electrons. The molecule has 2 aliphatic rings. The fourth-order valence-corrected chi connectivity index (χ4v) is 3.16. The standard InChI is InChI=1S/C17H16N2O2/c18-13-6-5-11-8-19(9-12(11)7-13)17(20)15-10-21-16-4-2-1-3-14(15)16/h1-7,15H,8-10,18H2. The van der Waals surface area contributed by atoms with Gasteiger partial charge in [-0.15, -0.1) is 0 Å². The van der Waals surface area contributed by atoms with Gasteiger partial charge in [0.25, 0.3) is 0 Å². The van der Waals surface area contributed by atoms with Crippen molar-refractivity contribution in [1.29, 1.82) is 0 Å². The van der Waals surface area contributed by atoms with E-state index >= 15 is 0 Å². The number of nitrogen functional groups attached to an aromatic ring is 1. The third-order valence-electron chi connectivity index (χ3n) is 4.26. The number of fused-ring (bicyclic) bond motifs is 2. The SMILES string of the molecule is Nc1ccc2c(c1)CN(C(=O)C1COc3ccccc31)C2. The lowest BCUT2D eigenvalue weighted by Crippen LogP contribution is -2.31. The minimum Gasteiger partial charge on any atom is -0.492 e. The fraction of sp³-hybridized carbons (Fsp3) is 0.235. The van der Waals surface area contributed by atoms with Crippen molar-refractivity contribution < 1.29 is 9.53 Å². The maximum Gasteiger partial charge on any atom is 0.234 e. The van der Waals surface area contributed by atoms with Gasteiger partial charge in [0.2, 0.25) is 5.91 Å². The number of anilines is 1. The summed E-state index contributed by atoms with van der Waals surface area (Å²) >= 11 is 0. The smallest absolute Gasteiger partial charge is 0.234 e. The number of benzene rings is 2. The molecule has 0 saturated heterocycles. The van der Waals surface area contributed by atoms with Crippen LogP contribution in [0.2, 0.25) is 0 Å². The molecule has 4 rings (SSSR count). The molecule has 2 aromatic rings. The lowest BCUT2D eigenvalue weighted by molar-refractivity contribution is -0.133. The molecule has 0 aliphatic carbocycles. The zero-order valence-electron chi connectivity index (χ0n) is 11.6. The minimum atomic E-state index is -0.187. The minimum absolute atomic E-state index is 0.134. The molecule has 0 saturated carbocycles. The van der Waals surface area contributed by atoms with Crippen LogP contribution in [0.5, 0.6) is 5.75 Å². The predicted octanol–water partition coefficient (Wildman–Crippen LogP) is 2.29. The first-order chi connectivity index (χ1) is 10.2. The second-order valence-corrected chi connectivity index (χ2v) is 5.62. The van der Waals surface area contributed by atoms with E-state index < -0.39 is 0 Å². The van der Waals surface area contributed by atoms with Crippen LogP contribution in [-0.2, 0) is 17.9 Å². The normalized spacial score (nSPS) is 19.0. The van der Waals surface area contributed by atoms with Crippen LogP contribution < -0.4 is 10.5 Å². The van der Waals surface area contributed by atoms with Gasteiger partial charge in [-0.05, 0) is 29.3 Å². The Hall–Kier alpha value is -2.49. The Morgan fingerprint density at radius 1 is 1.14 bits per heavy atom. The number of carbonyl (C=O) groups is 1. The number of hydrogen-bond acceptors (Lipinski definition) is 3. The molecule has 0 aromatic heterocycles. The Morgan fingerprint density at radius 2 is 1.95 bits per heavy atom. The lowest BCUT2D eigenvalue weighted by atomic mass is 10.00. The first-order valence-corrected chi connectivity index (χ1v) is 7.10. The summed E-state index contributed by atoms with van der Waals surface area (Å²) in [6.45, 7) is 1.73. The Bertz CT molecular complexity index is 726. The summed E-state index contributed by atoms with van der Waals surface area (Å²) in [4.78, 5) is 14.7. The third-order valence-corrected chi connectivity index (χ3v) is 4.26. The van der Waals surface area contributed by atoms with E-state index in [4.69, 9.17) is 10.5 Å². The van der Waals surface area contributed by atoms with Gasteiger partial charge in [-0.25, -0.2) is 0 Å². The van der Waals surface area contributed by atoms with Crippen molar-refractivity contribution in [3.63, 3.8) is 0 Å². The summed E-state index contributed by atoms with van der Waals surface area (Å²) in [5.74, 6) is 0.777. The predicted molar refractivity (Wildman–Crippen MR) is 79.8 cm³/mol. The molecule has 2 heterocycles. The number of carbonyl (C=O) groups excluding carboxylic acids is 1. The van der Waals surface area contributed by atoms with Crippen LogP contribution in [0.25, 0.3) is 0 Å². The molecule has 1 atom stereocenters. The Labute approximate surface area is 123 Å². The Balaban J connectivity index is 1.58. The second kappa shape index (κ2) is 4.52. The molecule has 2 aromatic carbocycles. The first kappa shape index (κ1) is 12.3. The number of para-hydroxylation sites is 1. The van der Waals surface area contributed by atoms with Crippen molar-refractivity contribution in [3.8, 4) is 5.75 Å². The molecule has 21 heavy (non-hydrogen) atoms. The van der Waals surface area contributed by atoms with Gasteiger partial charge in [0.15, 0.2) is 0 Å². The molecular weight excluding hydrogens is 264 g/mol. The number of hydrogen-bond donors (Lipinski definition) is 1. The number of nitrogens with zero attached hydrogens (tertiary/aromatic N) is 1. The van der Waals surface area contributed by atoms with E-state index in [1.807, 2.05) is 47.4 Å². The molecule has 1 amide bonds. The van der Waals surface area contributed by atoms with Gasteiger partial charge in [0, 0.05) is 24.3 Å². The van der Waals surface area contributed by atoms with E-state index in [1.54, 1.807) is 0 Å². The van der Waals surface area contributed by atoms with Crippen molar-refractivity contribution in [2.45, 2.75) is 19.0 Å². The highest BCUT2D eigenvalue weighted by Gasteiger charge is 2.35. The summed E-state index contributed by atoms with van der Waals surface area (Å²) < 4.78 is 5.62. The third kappa shape index (κ3) is 1.95. The summed E-state index contributed by atoms with van der Waals surface area (Å²) in [6, 6.07) is 13.6. The molecule has 4 nitrogen and oxygen atoms in total. The summed E-state index contributed by atoms with van der Waals surface area (Å²) in [6.07, 6.45) is 0. The van der Waals surface area contributed by atoms with Crippen LogP contribution in [-0.4, -0.2) is 17.4 Å². The number of amides is 1. The first-order valence-electron chi connectivity index (χ1n) is 7.10. The maximum atomic E-state index is 12.8. The average molecular weight is 280 g/mol. The van der Waals surface area contributed by atoms with E-state index in [2.05, 4.69) is 0 Å². The van der Waals surface area contributed by atoms with E-state index in [0.29, 0.717) is 19.7 Å². The van der Waals surface area contributed by atoms with Gasteiger partial charge in [0.1, 0.15) is 18.3 Å². The fourth-order valence-electron chi connectivity index (χ4n) is 3.16. The molecule has 4 heteroatoms. The maximum absolute atomic E-state index is 12.8. The summed E-state index contributed by atoms with van der Waals surface area (Å²) in [5, 5.41) is 0. The molecule has 0 radical (unpaired) electrons. The van der Waals surface area contributed by atoms with E-state index in [0.717, 1.165) is 22.6 Å². The monoisotopic (exact) mass is 280 g/mol. The van der Waals surface area contributed by atoms with Gasteiger partial charge >= 0.3 is 0 Å². The Kier molecular flexibility index (Phi) is 2.64. The van der Waals surface area contributed by atoms with Crippen molar-refractivity contribution in [1.82, 2.24) is 4.90 Å². The molecule has 2 aliphatic heterocycles. The summed E-state index contributed by atoms with van der Waals surface area (Å²) in [7, 11) is 0. The second-order valence-electron chi connectivity index (χ2n) is 5.62. The lowest BCUT2D eigenvalue weighted by Gasteiger charge is -2.19. The van der Waals surface area contributed by atoms with Gasteiger partial charge < -0.3 is 15.4 Å². The molecule has 1 unspecified atom stereocenters. The molecular formula is C17H16N2O2. The van der Waals surface area contributed by atoms with Crippen LogP contribution in [0, 0.1) is 0 Å². The van der Waals surface area contributed by atoms with Crippen molar-refractivity contribution >= 4 is 11.6 Å². The molecule has 2 N–H and O–H groups in total. The number of ether oxygens (including phenoxy) is 1. The quantitative estimate of drug-likeness (QED) is 0.815. The van der Waals surface area contributed by atoms with Gasteiger partial charge in [-0.3, -0.25) is 4.79 Å². The average Bonchev–Trinajstić information content (AvgIpc) is 3.09. The molecule has 0 fully saturated rings. The van der Waals surface area contributed by atoms with Gasteiger partial charge in [0.05, 0.1) is 0 Å². The summed E-state index contributed by atoms with van der Waals surface area (Å²) in [5.41, 5.74) is 9.89. The van der Waals surface area contributed by atoms with E-state index in [-0.39, 0.29) is 11.8 Å². The largest absolute Gasteiger partial charge is 0.492 e. The molecule has 0 bridgehead atoms. The zero-order valence-corrected chi connectivity index (χ0v) is 11.6. The van der Waals surface area contributed by atoms with Crippen LogP contribution >= 0.6 is 0 Å². The van der Waals surface area contributed by atoms with E-state index in [9.17, 15) is 4.79 Å². The number of rotatable bonds is 1. The van der Waals surface area contributed by atoms with Crippen LogP contribution in [0.3, 0.4) is 0 Å². The van der Waals surface area contributed by atoms with Crippen molar-refractivity contribution in [2.24, 2.45) is 0 Å². The zero-order chi connectivity index (χ0) is 14.4.